The smallest absolute Gasteiger partial charge is 0.228 e. The van der Waals surface area contributed by atoms with E-state index in [1.165, 1.54) is 12.1 Å². The van der Waals surface area contributed by atoms with E-state index >= 15 is 0 Å². The number of aliphatic hydroxyl groups excluding tert-OH is 1. The van der Waals surface area contributed by atoms with E-state index in [4.69, 9.17) is 0 Å². The van der Waals surface area contributed by atoms with Gasteiger partial charge in [0.15, 0.2) is 0 Å². The predicted octanol–water partition coefficient (Wildman–Crippen LogP) is 1.81. The van der Waals surface area contributed by atoms with E-state index in [2.05, 4.69) is 10.4 Å². The van der Waals surface area contributed by atoms with Gasteiger partial charge < -0.3 is 15.5 Å². The van der Waals surface area contributed by atoms with Crippen LogP contribution >= 0.6 is 0 Å². The van der Waals surface area contributed by atoms with Crippen LogP contribution in [0.3, 0.4) is 0 Å². The quantitative estimate of drug-likeness (QED) is 0.785. The fourth-order valence-electron chi connectivity index (χ4n) is 2.36. The number of hydrogen-bond donors (Lipinski definition) is 3. The van der Waals surface area contributed by atoms with Crippen molar-refractivity contribution in [3.8, 4) is 5.75 Å². The maximum Gasteiger partial charge on any atom is 0.228 e. The number of aliphatic hydroxyl groups is 1. The van der Waals surface area contributed by atoms with Crippen LogP contribution in [0.5, 0.6) is 5.75 Å². The SMILES string of the molecule is Cc1c(CNC(=O)C(C)(C)C(O)c2cccc(O)c2)cnn1C. The zero-order valence-electron chi connectivity index (χ0n) is 13.9. The van der Waals surface area contributed by atoms with Crippen molar-refractivity contribution in [2.75, 3.05) is 0 Å². The van der Waals surface area contributed by atoms with Crippen molar-refractivity contribution in [3.05, 3.63) is 47.3 Å². The van der Waals surface area contributed by atoms with Crippen molar-refractivity contribution in [2.45, 2.75) is 33.4 Å². The topological polar surface area (TPSA) is 87.4 Å². The molecule has 2 aromatic rings. The lowest BCUT2D eigenvalue weighted by Crippen LogP contribution is -2.40. The van der Waals surface area contributed by atoms with Crippen LogP contribution in [-0.2, 0) is 18.4 Å². The summed E-state index contributed by atoms with van der Waals surface area (Å²) in [7, 11) is 1.84. The second-order valence-corrected chi connectivity index (χ2v) is 6.28. The molecule has 1 aromatic carbocycles. The normalized spacial score (nSPS) is 12.9. The maximum atomic E-state index is 12.5. The lowest BCUT2D eigenvalue weighted by molar-refractivity contribution is -0.135. The van der Waals surface area contributed by atoms with E-state index in [0.29, 0.717) is 12.1 Å². The Kier molecular flexibility index (Phi) is 4.75. The van der Waals surface area contributed by atoms with Gasteiger partial charge in [0.1, 0.15) is 5.75 Å². The summed E-state index contributed by atoms with van der Waals surface area (Å²) in [4.78, 5) is 12.5. The number of amides is 1. The summed E-state index contributed by atoms with van der Waals surface area (Å²) < 4.78 is 1.74. The summed E-state index contributed by atoms with van der Waals surface area (Å²) in [6, 6.07) is 6.31. The second kappa shape index (κ2) is 6.42. The van der Waals surface area contributed by atoms with Crippen molar-refractivity contribution in [1.82, 2.24) is 15.1 Å². The lowest BCUT2D eigenvalue weighted by Gasteiger charge is -2.29. The zero-order chi connectivity index (χ0) is 17.2. The van der Waals surface area contributed by atoms with Crippen molar-refractivity contribution >= 4 is 5.91 Å². The van der Waals surface area contributed by atoms with Gasteiger partial charge in [-0.1, -0.05) is 12.1 Å². The minimum Gasteiger partial charge on any atom is -0.508 e. The largest absolute Gasteiger partial charge is 0.508 e. The molecule has 0 aliphatic heterocycles. The molecule has 1 heterocycles. The number of rotatable bonds is 5. The highest BCUT2D eigenvalue weighted by Crippen LogP contribution is 2.34. The molecule has 0 aliphatic carbocycles. The Morgan fingerprint density at radius 1 is 1.43 bits per heavy atom. The van der Waals surface area contributed by atoms with Crippen LogP contribution < -0.4 is 5.32 Å². The van der Waals surface area contributed by atoms with E-state index < -0.39 is 11.5 Å². The third kappa shape index (κ3) is 3.53. The molecule has 6 heteroatoms. The third-order valence-electron chi connectivity index (χ3n) is 4.23. The van der Waals surface area contributed by atoms with Crippen LogP contribution in [0.15, 0.2) is 30.5 Å². The molecule has 23 heavy (non-hydrogen) atoms. The number of carbonyl (C=O) groups is 1. The molecular formula is C17H23N3O3. The number of hydrogen-bond acceptors (Lipinski definition) is 4. The van der Waals surface area contributed by atoms with E-state index in [0.717, 1.165) is 11.3 Å². The Morgan fingerprint density at radius 2 is 2.13 bits per heavy atom. The highest BCUT2D eigenvalue weighted by Gasteiger charge is 2.36. The summed E-state index contributed by atoms with van der Waals surface area (Å²) in [6.45, 7) is 5.64. The molecule has 0 saturated heterocycles. The molecule has 1 unspecified atom stereocenters. The second-order valence-electron chi connectivity index (χ2n) is 6.28. The number of aromatic nitrogens is 2. The number of carbonyl (C=O) groups excluding carboxylic acids is 1. The summed E-state index contributed by atoms with van der Waals surface area (Å²) >= 11 is 0. The minimum atomic E-state index is -1.04. The van der Waals surface area contributed by atoms with Crippen LogP contribution in [0.2, 0.25) is 0 Å². The first kappa shape index (κ1) is 17.0. The van der Waals surface area contributed by atoms with Gasteiger partial charge in [-0.05, 0) is 38.5 Å². The van der Waals surface area contributed by atoms with Crippen LogP contribution in [0.25, 0.3) is 0 Å². The van der Waals surface area contributed by atoms with Gasteiger partial charge in [0.2, 0.25) is 5.91 Å². The average Bonchev–Trinajstić information content (AvgIpc) is 2.83. The number of phenolic OH excluding ortho intramolecular Hbond substituents is 1. The number of nitrogens with one attached hydrogen (secondary N) is 1. The molecule has 0 fully saturated rings. The van der Waals surface area contributed by atoms with Crippen molar-refractivity contribution < 1.29 is 15.0 Å². The fraction of sp³-hybridized carbons (Fsp3) is 0.412. The standard InChI is InChI=1S/C17H23N3O3/c1-11-13(10-19-20(11)4)9-18-16(23)17(2,3)15(22)12-6-5-7-14(21)8-12/h5-8,10,15,21-22H,9H2,1-4H3,(H,18,23). The maximum absolute atomic E-state index is 12.5. The summed E-state index contributed by atoms with van der Waals surface area (Å²) in [5.41, 5.74) is 1.38. The molecule has 0 bridgehead atoms. The van der Waals surface area contributed by atoms with Crippen molar-refractivity contribution in [3.63, 3.8) is 0 Å². The van der Waals surface area contributed by atoms with Gasteiger partial charge in [-0.25, -0.2) is 0 Å². The number of aryl methyl sites for hydroxylation is 1. The molecule has 1 atom stereocenters. The van der Waals surface area contributed by atoms with Crippen LogP contribution in [0.4, 0.5) is 0 Å². The summed E-state index contributed by atoms with van der Waals surface area (Å²) in [5, 5.41) is 27.0. The molecule has 2 rings (SSSR count). The molecule has 1 aromatic heterocycles. The number of nitrogens with zero attached hydrogens (tertiary/aromatic N) is 2. The number of phenols is 1. The van der Waals surface area contributed by atoms with Gasteiger partial charge in [-0.15, -0.1) is 0 Å². The van der Waals surface area contributed by atoms with Gasteiger partial charge in [0.05, 0.1) is 17.7 Å². The van der Waals surface area contributed by atoms with E-state index in [1.807, 2.05) is 14.0 Å². The predicted molar refractivity (Wildman–Crippen MR) is 86.6 cm³/mol. The molecule has 0 radical (unpaired) electrons. The fourth-order valence-corrected chi connectivity index (χ4v) is 2.36. The first-order valence-electron chi connectivity index (χ1n) is 7.46. The highest BCUT2D eigenvalue weighted by atomic mass is 16.3. The summed E-state index contributed by atoms with van der Waals surface area (Å²) in [6.07, 6.45) is 0.693. The molecule has 0 spiro atoms. The zero-order valence-corrected chi connectivity index (χ0v) is 13.9. The van der Waals surface area contributed by atoms with Gasteiger partial charge in [-0.3, -0.25) is 9.48 Å². The molecule has 3 N–H and O–H groups in total. The van der Waals surface area contributed by atoms with E-state index in [-0.39, 0.29) is 11.7 Å². The lowest BCUT2D eigenvalue weighted by atomic mass is 9.81. The van der Waals surface area contributed by atoms with Gasteiger partial charge in [-0.2, -0.15) is 5.10 Å². The monoisotopic (exact) mass is 317 g/mol. The van der Waals surface area contributed by atoms with Gasteiger partial charge in [0, 0.05) is 24.8 Å². The molecule has 0 saturated carbocycles. The number of benzene rings is 1. The average molecular weight is 317 g/mol. The van der Waals surface area contributed by atoms with Crippen molar-refractivity contribution in [1.29, 1.82) is 0 Å². The molecular weight excluding hydrogens is 294 g/mol. The Labute approximate surface area is 135 Å². The molecule has 6 nitrogen and oxygen atoms in total. The third-order valence-corrected chi connectivity index (χ3v) is 4.23. The molecule has 0 aliphatic rings. The Bertz CT molecular complexity index is 707. The Morgan fingerprint density at radius 3 is 2.70 bits per heavy atom. The van der Waals surface area contributed by atoms with Crippen LogP contribution in [-0.4, -0.2) is 25.9 Å². The van der Waals surface area contributed by atoms with Crippen LogP contribution in [0, 0.1) is 12.3 Å². The highest BCUT2D eigenvalue weighted by molar-refractivity contribution is 5.82. The minimum absolute atomic E-state index is 0.0590. The van der Waals surface area contributed by atoms with Gasteiger partial charge in [0.25, 0.3) is 0 Å². The van der Waals surface area contributed by atoms with Crippen molar-refractivity contribution in [2.24, 2.45) is 12.5 Å². The Balaban J connectivity index is 2.08. The van der Waals surface area contributed by atoms with Crippen LogP contribution in [0.1, 0.15) is 36.8 Å². The van der Waals surface area contributed by atoms with E-state index in [1.54, 1.807) is 36.9 Å². The number of aromatic hydroxyl groups is 1. The first-order chi connectivity index (χ1) is 10.7. The molecule has 1 amide bonds. The molecule has 124 valence electrons. The Hall–Kier alpha value is -2.34. The first-order valence-corrected chi connectivity index (χ1v) is 7.46. The van der Waals surface area contributed by atoms with E-state index in [9.17, 15) is 15.0 Å². The van der Waals surface area contributed by atoms with Gasteiger partial charge >= 0.3 is 0 Å². The summed E-state index contributed by atoms with van der Waals surface area (Å²) in [5.74, 6) is -0.208.